The third-order valence-corrected chi connectivity index (χ3v) is 24.5. The molecule has 46 heteroatoms. The van der Waals surface area contributed by atoms with Crippen molar-refractivity contribution >= 4 is 82.7 Å². The van der Waals surface area contributed by atoms with Crippen molar-refractivity contribution in [2.24, 2.45) is 0 Å². The van der Waals surface area contributed by atoms with Crippen LogP contribution in [0, 0.1) is 0 Å². The van der Waals surface area contributed by atoms with Crippen LogP contribution in [-0.2, 0) is 80.2 Å². The summed E-state index contributed by atoms with van der Waals surface area (Å²) < 4.78 is 1.85. The lowest BCUT2D eigenvalue weighted by atomic mass is 10.0. The topological polar surface area (TPSA) is 557 Å². The molecule has 0 unspecified atom stereocenters. The van der Waals surface area contributed by atoms with E-state index in [2.05, 4.69) is 134 Å². The second-order valence-electron chi connectivity index (χ2n) is 36.8. The van der Waals surface area contributed by atoms with Crippen molar-refractivity contribution in [3.05, 3.63) is 11.9 Å². The predicted octanol–water partition coefficient (Wildman–Crippen LogP) is -4.00. The molecular formula is C99H198N32O14. The molecule has 1 aromatic heterocycles. The van der Waals surface area contributed by atoms with E-state index in [1.807, 2.05) is 45.2 Å². The number of unbranched alkanes of at least 4 members (excludes halogenated alkanes) is 15. The molecule has 0 saturated heterocycles. The number of likely N-dealkylation sites (N-methyl/N-ethyl adjacent to an activating group) is 8. The lowest BCUT2D eigenvalue weighted by Gasteiger charge is -2.24. The molecule has 0 fully saturated rings. The number of nitrogens with one attached hydrogen (secondary N) is 22. The van der Waals surface area contributed by atoms with Crippen LogP contribution in [0.2, 0.25) is 0 Å². The van der Waals surface area contributed by atoms with Gasteiger partial charge < -0.3 is 146 Å². The molecule has 1 heterocycles. The molecule has 1 rings (SSSR count). The van der Waals surface area contributed by atoms with E-state index in [1.54, 1.807) is 56.4 Å². The Balaban J connectivity index is 3.64. The molecular weight excluding hydrogens is 1860 g/mol. The van der Waals surface area contributed by atoms with Crippen molar-refractivity contribution in [2.45, 2.75) is 213 Å². The van der Waals surface area contributed by atoms with Gasteiger partial charge in [0.2, 0.25) is 82.7 Å². The van der Waals surface area contributed by atoms with Gasteiger partial charge in [0, 0.05) is 384 Å². The van der Waals surface area contributed by atoms with Crippen molar-refractivity contribution in [1.82, 2.24) is 166 Å². The van der Waals surface area contributed by atoms with Crippen LogP contribution in [-0.4, -0.2) is 463 Å². The zero-order valence-corrected chi connectivity index (χ0v) is 90.6. The number of hydrogen-bond donors (Lipinski definition) is 22. The first-order valence-corrected chi connectivity index (χ1v) is 54.3. The molecule has 0 aliphatic heterocycles. The summed E-state index contributed by atoms with van der Waals surface area (Å²) in [5.74, 6) is -2.68. The Morgan fingerprint density at radius 2 is 0.352 bits per heavy atom. The van der Waals surface area contributed by atoms with Gasteiger partial charge in [-0.1, -0.05) is 108 Å². The summed E-state index contributed by atoms with van der Waals surface area (Å²) in [4.78, 5) is 199. The summed E-state index contributed by atoms with van der Waals surface area (Å²) in [5.41, 5.74) is 0.664. The first-order valence-electron chi connectivity index (χ1n) is 54.3. The molecule has 46 nitrogen and oxygen atoms in total. The number of carbonyl (C=O) groups is 14. The zero-order valence-electron chi connectivity index (χ0n) is 90.6. The Labute approximate surface area is 867 Å². The molecule has 0 aliphatic carbocycles. The van der Waals surface area contributed by atoms with Gasteiger partial charge in [-0.05, 0) is 62.8 Å². The van der Waals surface area contributed by atoms with Crippen molar-refractivity contribution in [3.8, 4) is 0 Å². The summed E-state index contributed by atoms with van der Waals surface area (Å²) >= 11 is 0. The first kappa shape index (κ1) is 134. The highest BCUT2D eigenvalue weighted by Gasteiger charge is 2.22. The number of carbonyl (C=O) groups excluding carboxylic acids is 14. The van der Waals surface area contributed by atoms with Crippen LogP contribution >= 0.6 is 0 Å². The minimum Gasteiger partial charge on any atom is -0.355 e. The third kappa shape index (κ3) is 84.7. The molecule has 22 N–H and O–H groups in total. The van der Waals surface area contributed by atoms with Crippen molar-refractivity contribution in [2.75, 3.05) is 331 Å². The molecule has 0 atom stereocenters. The van der Waals surface area contributed by atoms with Gasteiger partial charge in [0.15, 0.2) is 0 Å². The second kappa shape index (κ2) is 96.0. The number of aryl methyl sites for hydroxylation is 1. The van der Waals surface area contributed by atoms with E-state index in [0.717, 1.165) is 19.3 Å². The van der Waals surface area contributed by atoms with E-state index in [4.69, 9.17) is 0 Å². The van der Waals surface area contributed by atoms with Gasteiger partial charge >= 0.3 is 0 Å². The van der Waals surface area contributed by atoms with Crippen LogP contribution in [0.1, 0.15) is 205 Å². The first-order chi connectivity index (χ1) is 70.4. The van der Waals surface area contributed by atoms with Gasteiger partial charge in [0.1, 0.15) is 0 Å². The highest BCUT2D eigenvalue weighted by atomic mass is 16.2. The second-order valence-corrected chi connectivity index (χ2v) is 36.8. The SMILES string of the molecule is CCCCCCCCCCCCCCCCCCn1cc(CN(CCC(=O)NCCN(CCC(=O)NCCN(CCC(=O)NCCNC)CCC(=O)NCCNC)CCC(=O)NCCN(CCC(=O)NCCNC)CCC(=O)NCCNC)CCC(=O)NCCN(CCC(=O)NCCN(CCC(=O)NCCNC)CCC(=O)NCCNC)CCC(=O)NCCN(CCC(=O)NCCNC)CCC(=O)NCCNC)nn1. The highest BCUT2D eigenvalue weighted by Crippen LogP contribution is 2.15. The van der Waals surface area contributed by atoms with Crippen molar-refractivity contribution in [1.29, 1.82) is 0 Å². The van der Waals surface area contributed by atoms with Gasteiger partial charge in [-0.25, -0.2) is 0 Å². The maximum atomic E-state index is 14.2. The van der Waals surface area contributed by atoms with Crippen molar-refractivity contribution in [3.63, 3.8) is 0 Å². The Kier molecular flexibility index (Phi) is 88.8. The molecule has 145 heavy (non-hydrogen) atoms. The van der Waals surface area contributed by atoms with E-state index in [9.17, 15) is 67.1 Å². The van der Waals surface area contributed by atoms with Crippen LogP contribution < -0.4 is 117 Å². The molecule has 0 aliphatic rings. The Bertz CT molecular complexity index is 3090. The van der Waals surface area contributed by atoms with Gasteiger partial charge in [0.25, 0.3) is 0 Å². The zero-order chi connectivity index (χ0) is 106. The standard InChI is InChI=1S/C99H198N32O14/c1-10-11-12-13-14-15-16-17-18-19-20-21-22-23-24-25-62-131-84-85(122-123-131)83-130(75-38-98(144)120-60-81-128(71-34-94(140)116-56-77-124(63-26-86(132)108-48-40-100-2)64-27-87(133)109-49-41-101-3)72-35-95(141)117-57-78-125(65-28-88(134)110-50-42-102-4)66-29-89(135)111-51-43-103-5)76-39-99(145)121-61-82-129(73-36-96(142)118-58-79-126(67-30-90(136)112-52-44-104-6)68-31-91(137)113-53-45-105-7)74-37-97(143)119-59-80-127(69-32-92(138)114-54-46-106-8)70-33-93(139)115-55-47-107-9/h84,100-107H,10-83H2,1-9H3,(H,108,132)(H,109,133)(H,110,134)(H,111,135)(H,112,136)(H,113,137)(H,114,138)(H,115,139)(H,116,140)(H,117,141)(H,118,142)(H,119,143)(H,120,144)(H,121,145). The van der Waals surface area contributed by atoms with Crippen molar-refractivity contribution < 1.29 is 67.1 Å². The molecule has 1 aromatic rings. The minimum atomic E-state index is -0.279. The van der Waals surface area contributed by atoms with Crippen LogP contribution in [0.5, 0.6) is 0 Å². The Morgan fingerprint density at radius 1 is 0.200 bits per heavy atom. The van der Waals surface area contributed by atoms with Crippen LogP contribution in [0.3, 0.4) is 0 Å². The number of nitrogens with zero attached hydrogens (tertiary/aromatic N) is 10. The summed E-state index contributed by atoms with van der Waals surface area (Å²) in [6.45, 7) is 19.2. The number of amides is 14. The lowest BCUT2D eigenvalue weighted by molar-refractivity contribution is -0.123. The van der Waals surface area contributed by atoms with Gasteiger partial charge in [-0.2, -0.15) is 0 Å². The van der Waals surface area contributed by atoms with E-state index >= 15 is 0 Å². The average Bonchev–Trinajstić information content (AvgIpc) is 1.76. The number of hydrogen-bond acceptors (Lipinski definition) is 31. The fourth-order valence-corrected chi connectivity index (χ4v) is 15.5. The third-order valence-electron chi connectivity index (χ3n) is 24.5. The summed E-state index contributed by atoms with van der Waals surface area (Å²) in [6.07, 6.45) is 23.8. The van der Waals surface area contributed by atoms with Gasteiger partial charge in [-0.3, -0.25) is 76.7 Å². The van der Waals surface area contributed by atoms with E-state index in [1.165, 1.54) is 83.5 Å². The Morgan fingerprint density at radius 3 is 0.517 bits per heavy atom. The summed E-state index contributed by atoms with van der Waals surface area (Å²) in [5, 5.41) is 74.4. The maximum Gasteiger partial charge on any atom is 0.221 e. The van der Waals surface area contributed by atoms with E-state index < -0.39 is 0 Å². The van der Waals surface area contributed by atoms with Crippen LogP contribution in [0.15, 0.2) is 6.20 Å². The van der Waals surface area contributed by atoms with E-state index in [-0.39, 0.29) is 271 Å². The Hall–Kier alpha value is -8.88. The van der Waals surface area contributed by atoms with Crippen LogP contribution in [0.25, 0.3) is 0 Å². The molecule has 0 saturated carbocycles. The summed E-state index contributed by atoms with van der Waals surface area (Å²) in [7, 11) is 14.4. The van der Waals surface area contributed by atoms with Gasteiger partial charge in [0.05, 0.1) is 5.69 Å². The normalized spacial score (nSPS) is 11.4. The molecule has 838 valence electrons. The molecule has 0 aromatic carbocycles. The van der Waals surface area contributed by atoms with Gasteiger partial charge in [-0.15, -0.1) is 5.10 Å². The molecule has 0 bridgehead atoms. The monoisotopic (exact) mass is 2060 g/mol. The fourth-order valence-electron chi connectivity index (χ4n) is 15.5. The fraction of sp³-hybridized carbons (Fsp3) is 0.838. The number of aromatic nitrogens is 3. The summed E-state index contributed by atoms with van der Waals surface area (Å²) in [6, 6.07) is 0. The average molecular weight is 2060 g/mol. The molecule has 0 spiro atoms. The maximum absolute atomic E-state index is 14.2. The largest absolute Gasteiger partial charge is 0.355 e. The lowest BCUT2D eigenvalue weighted by Crippen LogP contribution is -2.42. The van der Waals surface area contributed by atoms with Crippen LogP contribution in [0.4, 0.5) is 0 Å². The quantitative estimate of drug-likeness (QED) is 0.0276. The number of rotatable bonds is 103. The molecule has 0 radical (unpaired) electrons. The smallest absolute Gasteiger partial charge is 0.221 e. The predicted molar refractivity (Wildman–Crippen MR) is 572 cm³/mol. The van der Waals surface area contributed by atoms with E-state index in [0.29, 0.717) is 195 Å². The highest BCUT2D eigenvalue weighted by molar-refractivity contribution is 5.81. The molecule has 14 amide bonds. The minimum absolute atomic E-state index is 0.0309.